The van der Waals surface area contributed by atoms with E-state index in [1.807, 2.05) is 66.7 Å². The van der Waals surface area contributed by atoms with Gasteiger partial charge in [0.15, 0.2) is 0 Å². The summed E-state index contributed by atoms with van der Waals surface area (Å²) in [7, 11) is 0. The van der Waals surface area contributed by atoms with Crippen LogP contribution in [0.5, 0.6) is 0 Å². The SMILES string of the molecule is Nc1cccc(NC(=O)c2ccccc2)c1-c1ccccc1. The average Bonchev–Trinajstić information content (AvgIpc) is 2.56. The highest BCUT2D eigenvalue weighted by molar-refractivity contribution is 6.07. The summed E-state index contributed by atoms with van der Waals surface area (Å²) < 4.78 is 0. The van der Waals surface area contributed by atoms with Crippen molar-refractivity contribution < 1.29 is 4.79 Å². The maximum atomic E-state index is 12.4. The number of carbonyl (C=O) groups is 1. The van der Waals surface area contributed by atoms with Crippen molar-refractivity contribution in [3.05, 3.63) is 84.4 Å². The van der Waals surface area contributed by atoms with Gasteiger partial charge < -0.3 is 11.1 Å². The van der Waals surface area contributed by atoms with Crippen molar-refractivity contribution in [1.82, 2.24) is 0 Å². The highest BCUT2D eigenvalue weighted by Crippen LogP contribution is 2.33. The molecule has 0 aliphatic rings. The molecule has 3 N–H and O–H groups in total. The van der Waals surface area contributed by atoms with Gasteiger partial charge in [-0.1, -0.05) is 54.6 Å². The Morgan fingerprint density at radius 2 is 1.41 bits per heavy atom. The lowest BCUT2D eigenvalue weighted by molar-refractivity contribution is 0.102. The summed E-state index contributed by atoms with van der Waals surface area (Å²) in [6.45, 7) is 0. The van der Waals surface area contributed by atoms with Crippen LogP contribution >= 0.6 is 0 Å². The number of rotatable bonds is 3. The zero-order chi connectivity index (χ0) is 15.4. The van der Waals surface area contributed by atoms with Gasteiger partial charge in [-0.15, -0.1) is 0 Å². The van der Waals surface area contributed by atoms with E-state index >= 15 is 0 Å². The molecule has 0 bridgehead atoms. The smallest absolute Gasteiger partial charge is 0.255 e. The Kier molecular flexibility index (Phi) is 3.88. The zero-order valence-electron chi connectivity index (χ0n) is 12.0. The van der Waals surface area contributed by atoms with Gasteiger partial charge in [-0.2, -0.15) is 0 Å². The van der Waals surface area contributed by atoms with Crippen LogP contribution in [0, 0.1) is 0 Å². The van der Waals surface area contributed by atoms with Gasteiger partial charge in [0.25, 0.3) is 5.91 Å². The van der Waals surface area contributed by atoms with E-state index < -0.39 is 0 Å². The van der Waals surface area contributed by atoms with Gasteiger partial charge in [0, 0.05) is 16.8 Å². The number of anilines is 2. The number of nitrogens with one attached hydrogen (secondary N) is 1. The molecule has 3 nitrogen and oxygen atoms in total. The molecule has 0 heterocycles. The Labute approximate surface area is 129 Å². The topological polar surface area (TPSA) is 55.1 Å². The molecule has 0 unspecified atom stereocenters. The first kappa shape index (κ1) is 13.9. The molecule has 0 aliphatic heterocycles. The lowest BCUT2D eigenvalue weighted by Crippen LogP contribution is -2.12. The Hall–Kier alpha value is -3.07. The Morgan fingerprint density at radius 3 is 2.09 bits per heavy atom. The van der Waals surface area contributed by atoms with Gasteiger partial charge in [-0.25, -0.2) is 0 Å². The van der Waals surface area contributed by atoms with Crippen LogP contribution in [-0.2, 0) is 0 Å². The fourth-order valence-electron chi connectivity index (χ4n) is 2.39. The monoisotopic (exact) mass is 288 g/mol. The average molecular weight is 288 g/mol. The predicted molar refractivity (Wildman–Crippen MR) is 90.7 cm³/mol. The van der Waals surface area contributed by atoms with Gasteiger partial charge in [0.05, 0.1) is 5.69 Å². The molecule has 0 spiro atoms. The van der Waals surface area contributed by atoms with Crippen LogP contribution in [-0.4, -0.2) is 5.91 Å². The van der Waals surface area contributed by atoms with Gasteiger partial charge in [-0.3, -0.25) is 4.79 Å². The van der Waals surface area contributed by atoms with Gasteiger partial charge >= 0.3 is 0 Å². The molecule has 0 saturated carbocycles. The Bertz CT molecular complexity index is 783. The fourth-order valence-corrected chi connectivity index (χ4v) is 2.39. The van der Waals surface area contributed by atoms with Gasteiger partial charge in [0.1, 0.15) is 0 Å². The first-order chi connectivity index (χ1) is 10.8. The maximum Gasteiger partial charge on any atom is 0.255 e. The quantitative estimate of drug-likeness (QED) is 0.710. The van der Waals surface area contributed by atoms with E-state index in [4.69, 9.17) is 5.73 Å². The standard InChI is InChI=1S/C19H16N2O/c20-16-12-7-13-17(18(16)14-8-3-1-4-9-14)21-19(22)15-10-5-2-6-11-15/h1-13H,20H2,(H,21,22). The molecule has 0 fully saturated rings. The lowest BCUT2D eigenvalue weighted by atomic mass is 10.0. The molecule has 3 rings (SSSR count). The van der Waals surface area contributed by atoms with Gasteiger partial charge in [0.2, 0.25) is 0 Å². The van der Waals surface area contributed by atoms with Crippen LogP contribution in [0.15, 0.2) is 78.9 Å². The first-order valence-corrected chi connectivity index (χ1v) is 7.06. The second-order valence-electron chi connectivity index (χ2n) is 4.96. The molecular weight excluding hydrogens is 272 g/mol. The fraction of sp³-hybridized carbons (Fsp3) is 0. The lowest BCUT2D eigenvalue weighted by Gasteiger charge is -2.14. The molecule has 0 atom stereocenters. The molecule has 0 aromatic heterocycles. The van der Waals surface area contributed by atoms with Crippen molar-refractivity contribution in [1.29, 1.82) is 0 Å². The van der Waals surface area contributed by atoms with Crippen LogP contribution in [0.1, 0.15) is 10.4 Å². The molecule has 3 heteroatoms. The van der Waals surface area contributed by atoms with Crippen molar-refractivity contribution in [2.45, 2.75) is 0 Å². The molecule has 22 heavy (non-hydrogen) atoms. The highest BCUT2D eigenvalue weighted by Gasteiger charge is 2.12. The van der Waals surface area contributed by atoms with Crippen LogP contribution < -0.4 is 11.1 Å². The molecule has 3 aromatic rings. The van der Waals surface area contributed by atoms with E-state index in [0.29, 0.717) is 16.9 Å². The highest BCUT2D eigenvalue weighted by atomic mass is 16.1. The van der Waals surface area contributed by atoms with Crippen molar-refractivity contribution in [3.8, 4) is 11.1 Å². The van der Waals surface area contributed by atoms with E-state index in [1.165, 1.54) is 0 Å². The second kappa shape index (κ2) is 6.14. The first-order valence-electron chi connectivity index (χ1n) is 7.06. The summed E-state index contributed by atoms with van der Waals surface area (Å²) in [6, 6.07) is 24.5. The largest absolute Gasteiger partial charge is 0.398 e. The minimum absolute atomic E-state index is 0.150. The van der Waals surface area contributed by atoms with Gasteiger partial charge in [-0.05, 0) is 29.8 Å². The van der Waals surface area contributed by atoms with E-state index in [1.54, 1.807) is 12.1 Å². The van der Waals surface area contributed by atoms with E-state index in [2.05, 4.69) is 5.32 Å². The minimum atomic E-state index is -0.150. The number of nitrogens with two attached hydrogens (primary N) is 1. The number of nitrogen functional groups attached to an aromatic ring is 1. The molecule has 108 valence electrons. The second-order valence-corrected chi connectivity index (χ2v) is 4.96. The van der Waals surface area contributed by atoms with Crippen LogP contribution in [0.3, 0.4) is 0 Å². The summed E-state index contributed by atoms with van der Waals surface area (Å²) in [5, 5.41) is 2.95. The van der Waals surface area contributed by atoms with Crippen molar-refractivity contribution >= 4 is 17.3 Å². The molecular formula is C19H16N2O. The number of carbonyl (C=O) groups excluding carboxylic acids is 1. The molecule has 1 amide bonds. The molecule has 0 aliphatic carbocycles. The number of amides is 1. The van der Waals surface area contributed by atoms with Crippen LogP contribution in [0.25, 0.3) is 11.1 Å². The summed E-state index contributed by atoms with van der Waals surface area (Å²) >= 11 is 0. The molecule has 0 saturated heterocycles. The number of hydrogen-bond donors (Lipinski definition) is 2. The van der Waals surface area contributed by atoms with Crippen molar-refractivity contribution in [3.63, 3.8) is 0 Å². The third-order valence-corrected chi connectivity index (χ3v) is 3.44. The summed E-state index contributed by atoms with van der Waals surface area (Å²) in [4.78, 5) is 12.4. The molecule has 3 aromatic carbocycles. The normalized spacial score (nSPS) is 10.2. The Morgan fingerprint density at radius 1 is 0.773 bits per heavy atom. The Balaban J connectivity index is 1.98. The van der Waals surface area contributed by atoms with Crippen LogP contribution in [0.2, 0.25) is 0 Å². The summed E-state index contributed by atoms with van der Waals surface area (Å²) in [5.41, 5.74) is 9.89. The third kappa shape index (κ3) is 2.83. The van der Waals surface area contributed by atoms with E-state index in [0.717, 1.165) is 11.1 Å². The summed E-state index contributed by atoms with van der Waals surface area (Å²) in [6.07, 6.45) is 0. The van der Waals surface area contributed by atoms with Crippen LogP contribution in [0.4, 0.5) is 11.4 Å². The minimum Gasteiger partial charge on any atom is -0.398 e. The van der Waals surface area contributed by atoms with E-state index in [9.17, 15) is 4.79 Å². The number of hydrogen-bond acceptors (Lipinski definition) is 2. The zero-order valence-corrected chi connectivity index (χ0v) is 12.0. The predicted octanol–water partition coefficient (Wildman–Crippen LogP) is 4.19. The van der Waals surface area contributed by atoms with E-state index in [-0.39, 0.29) is 5.91 Å². The van der Waals surface area contributed by atoms with Crippen molar-refractivity contribution in [2.75, 3.05) is 11.1 Å². The molecule has 0 radical (unpaired) electrons. The third-order valence-electron chi connectivity index (χ3n) is 3.44. The maximum absolute atomic E-state index is 12.4. The van der Waals surface area contributed by atoms with Crippen molar-refractivity contribution in [2.24, 2.45) is 0 Å². The summed E-state index contributed by atoms with van der Waals surface area (Å²) in [5.74, 6) is -0.150. The number of benzene rings is 3.